The number of ether oxygens (including phenoxy) is 1. The molecule has 1 aromatic rings. The van der Waals surface area contributed by atoms with Crippen molar-refractivity contribution in [3.63, 3.8) is 0 Å². The summed E-state index contributed by atoms with van der Waals surface area (Å²) in [6.07, 6.45) is 3.23. The molecule has 4 nitrogen and oxygen atoms in total. The SMILES string of the molecule is CCCOc1ccc(C(NC2CC2)C(N)=O)cc1. The number of hydrogen-bond acceptors (Lipinski definition) is 3. The molecule has 1 aliphatic carbocycles. The summed E-state index contributed by atoms with van der Waals surface area (Å²) in [5.74, 6) is 0.499. The number of benzene rings is 1. The molecule has 0 saturated heterocycles. The first-order chi connectivity index (χ1) is 8.70. The smallest absolute Gasteiger partial charge is 0.239 e. The third-order valence-corrected chi connectivity index (χ3v) is 2.95. The lowest BCUT2D eigenvalue weighted by molar-refractivity contribution is -0.120. The highest BCUT2D eigenvalue weighted by molar-refractivity contribution is 5.81. The van der Waals surface area contributed by atoms with Crippen LogP contribution in [0.2, 0.25) is 0 Å². The fraction of sp³-hybridized carbons (Fsp3) is 0.500. The Kier molecular flexibility index (Phi) is 4.20. The van der Waals surface area contributed by atoms with Crippen molar-refractivity contribution >= 4 is 5.91 Å². The van der Waals surface area contributed by atoms with Gasteiger partial charge in [0.15, 0.2) is 0 Å². The Morgan fingerprint density at radius 3 is 2.61 bits per heavy atom. The second-order valence-corrected chi connectivity index (χ2v) is 4.69. The molecule has 98 valence electrons. The van der Waals surface area contributed by atoms with Gasteiger partial charge in [-0.2, -0.15) is 0 Å². The van der Waals surface area contributed by atoms with Crippen LogP contribution in [0.25, 0.3) is 0 Å². The van der Waals surface area contributed by atoms with E-state index in [2.05, 4.69) is 12.2 Å². The average Bonchev–Trinajstić information content (AvgIpc) is 3.18. The summed E-state index contributed by atoms with van der Waals surface area (Å²) >= 11 is 0. The van der Waals surface area contributed by atoms with Gasteiger partial charge in [-0.25, -0.2) is 0 Å². The van der Waals surface area contributed by atoms with Crippen molar-refractivity contribution in [3.8, 4) is 5.75 Å². The van der Waals surface area contributed by atoms with Gasteiger partial charge in [-0.3, -0.25) is 10.1 Å². The minimum absolute atomic E-state index is 0.330. The maximum absolute atomic E-state index is 11.4. The molecule has 4 heteroatoms. The van der Waals surface area contributed by atoms with Crippen molar-refractivity contribution in [3.05, 3.63) is 29.8 Å². The van der Waals surface area contributed by atoms with Crippen LogP contribution in [-0.2, 0) is 4.79 Å². The summed E-state index contributed by atoms with van der Waals surface area (Å²) in [4.78, 5) is 11.4. The van der Waals surface area contributed by atoms with Crippen molar-refractivity contribution in [2.24, 2.45) is 5.73 Å². The van der Waals surface area contributed by atoms with Crippen molar-refractivity contribution in [2.45, 2.75) is 38.3 Å². The maximum atomic E-state index is 11.4. The van der Waals surface area contributed by atoms with E-state index in [1.165, 1.54) is 0 Å². The lowest BCUT2D eigenvalue weighted by Gasteiger charge is -2.15. The number of primary amides is 1. The molecule has 0 spiro atoms. The van der Waals surface area contributed by atoms with Gasteiger partial charge >= 0.3 is 0 Å². The molecule has 18 heavy (non-hydrogen) atoms. The molecule has 1 amide bonds. The fourth-order valence-corrected chi connectivity index (χ4v) is 1.80. The predicted molar refractivity (Wildman–Crippen MR) is 70.3 cm³/mol. The minimum atomic E-state index is -0.391. The monoisotopic (exact) mass is 248 g/mol. The third kappa shape index (κ3) is 3.47. The molecule has 0 radical (unpaired) electrons. The highest BCUT2D eigenvalue weighted by Gasteiger charge is 2.28. The normalized spacial score (nSPS) is 16.3. The van der Waals surface area contributed by atoms with Gasteiger partial charge in [0, 0.05) is 6.04 Å². The molecule has 1 atom stereocenters. The average molecular weight is 248 g/mol. The molecular weight excluding hydrogens is 228 g/mol. The summed E-state index contributed by atoms with van der Waals surface area (Å²) < 4.78 is 5.51. The first-order valence-electron chi connectivity index (χ1n) is 6.49. The van der Waals surface area contributed by atoms with E-state index in [0.717, 1.165) is 30.6 Å². The van der Waals surface area contributed by atoms with Gasteiger partial charge in [-0.1, -0.05) is 19.1 Å². The van der Waals surface area contributed by atoms with E-state index in [1.54, 1.807) is 0 Å². The zero-order valence-corrected chi connectivity index (χ0v) is 10.7. The lowest BCUT2D eigenvalue weighted by Crippen LogP contribution is -2.34. The summed E-state index contributed by atoms with van der Waals surface area (Å²) in [5, 5.41) is 3.25. The Morgan fingerprint density at radius 2 is 2.11 bits per heavy atom. The molecule has 0 aliphatic heterocycles. The van der Waals surface area contributed by atoms with Crippen molar-refractivity contribution < 1.29 is 9.53 Å². The van der Waals surface area contributed by atoms with Crippen LogP contribution in [0.15, 0.2) is 24.3 Å². The van der Waals surface area contributed by atoms with Crippen molar-refractivity contribution in [2.75, 3.05) is 6.61 Å². The molecule has 1 saturated carbocycles. The van der Waals surface area contributed by atoms with Crippen LogP contribution in [-0.4, -0.2) is 18.6 Å². The fourth-order valence-electron chi connectivity index (χ4n) is 1.80. The topological polar surface area (TPSA) is 64.3 Å². The number of amides is 1. The van der Waals surface area contributed by atoms with E-state index in [0.29, 0.717) is 12.6 Å². The van der Waals surface area contributed by atoms with Crippen LogP contribution in [0.1, 0.15) is 37.8 Å². The molecule has 1 aliphatic rings. The van der Waals surface area contributed by atoms with Gasteiger partial charge in [0.1, 0.15) is 11.8 Å². The van der Waals surface area contributed by atoms with Crippen molar-refractivity contribution in [1.29, 1.82) is 0 Å². The number of rotatable bonds is 7. The first kappa shape index (κ1) is 12.9. The molecule has 1 aromatic carbocycles. The van der Waals surface area contributed by atoms with Crippen LogP contribution in [0.5, 0.6) is 5.75 Å². The van der Waals surface area contributed by atoms with Crippen molar-refractivity contribution in [1.82, 2.24) is 5.32 Å². The van der Waals surface area contributed by atoms with Gasteiger partial charge in [-0.15, -0.1) is 0 Å². The van der Waals surface area contributed by atoms with Crippen LogP contribution in [0, 0.1) is 0 Å². The van der Waals surface area contributed by atoms with Crippen LogP contribution in [0.4, 0.5) is 0 Å². The highest BCUT2D eigenvalue weighted by Crippen LogP contribution is 2.25. The molecule has 0 aromatic heterocycles. The molecule has 0 bridgehead atoms. The molecule has 0 heterocycles. The number of carbonyl (C=O) groups excluding carboxylic acids is 1. The van der Waals surface area contributed by atoms with Gasteiger partial charge in [0.05, 0.1) is 6.61 Å². The van der Waals surface area contributed by atoms with Crippen LogP contribution >= 0.6 is 0 Å². The van der Waals surface area contributed by atoms with E-state index < -0.39 is 6.04 Å². The molecule has 3 N–H and O–H groups in total. The number of nitrogens with two attached hydrogens (primary N) is 1. The number of hydrogen-bond donors (Lipinski definition) is 2. The second kappa shape index (κ2) is 5.87. The van der Waals surface area contributed by atoms with E-state index in [-0.39, 0.29) is 5.91 Å². The van der Waals surface area contributed by atoms with E-state index >= 15 is 0 Å². The Balaban J connectivity index is 2.02. The first-order valence-corrected chi connectivity index (χ1v) is 6.49. The van der Waals surface area contributed by atoms with E-state index in [9.17, 15) is 4.79 Å². The molecule has 1 fully saturated rings. The highest BCUT2D eigenvalue weighted by atomic mass is 16.5. The Morgan fingerprint density at radius 1 is 1.44 bits per heavy atom. The largest absolute Gasteiger partial charge is 0.494 e. The summed E-state index contributed by atoms with van der Waals surface area (Å²) in [7, 11) is 0. The summed E-state index contributed by atoms with van der Waals surface area (Å²) in [5.41, 5.74) is 6.33. The van der Waals surface area contributed by atoms with Gasteiger partial charge in [0.2, 0.25) is 5.91 Å². The number of nitrogens with one attached hydrogen (secondary N) is 1. The third-order valence-electron chi connectivity index (χ3n) is 2.95. The van der Waals surface area contributed by atoms with E-state index in [1.807, 2.05) is 24.3 Å². The standard InChI is InChI=1S/C14H20N2O2/c1-2-9-18-12-7-3-10(4-8-12)13(14(15)17)16-11-5-6-11/h3-4,7-8,11,13,16H,2,5-6,9H2,1H3,(H2,15,17). The molecule has 2 rings (SSSR count). The number of carbonyl (C=O) groups is 1. The Bertz CT molecular complexity index is 399. The van der Waals surface area contributed by atoms with E-state index in [4.69, 9.17) is 10.5 Å². The Labute approximate surface area is 108 Å². The zero-order valence-electron chi connectivity index (χ0n) is 10.7. The summed E-state index contributed by atoms with van der Waals surface area (Å²) in [6.45, 7) is 2.77. The molecular formula is C14H20N2O2. The second-order valence-electron chi connectivity index (χ2n) is 4.69. The zero-order chi connectivity index (χ0) is 13.0. The lowest BCUT2D eigenvalue weighted by atomic mass is 10.1. The van der Waals surface area contributed by atoms with Gasteiger partial charge in [0.25, 0.3) is 0 Å². The van der Waals surface area contributed by atoms with Gasteiger partial charge in [-0.05, 0) is 37.0 Å². The maximum Gasteiger partial charge on any atom is 0.239 e. The minimum Gasteiger partial charge on any atom is -0.494 e. The van der Waals surface area contributed by atoms with Gasteiger partial charge < -0.3 is 10.5 Å². The quantitative estimate of drug-likeness (QED) is 0.772. The Hall–Kier alpha value is -1.55. The predicted octanol–water partition coefficient (Wildman–Crippen LogP) is 1.75. The van der Waals surface area contributed by atoms with Crippen LogP contribution in [0.3, 0.4) is 0 Å². The summed E-state index contributed by atoms with van der Waals surface area (Å²) in [6, 6.07) is 7.62. The van der Waals surface area contributed by atoms with Crippen LogP contribution < -0.4 is 15.8 Å². The molecule has 1 unspecified atom stereocenters.